The summed E-state index contributed by atoms with van der Waals surface area (Å²) in [6, 6.07) is 0.239. The predicted molar refractivity (Wildman–Crippen MR) is 54.5 cm³/mol. The van der Waals surface area contributed by atoms with Crippen molar-refractivity contribution in [3.63, 3.8) is 0 Å². The summed E-state index contributed by atoms with van der Waals surface area (Å²) in [5.41, 5.74) is 8.35. The summed E-state index contributed by atoms with van der Waals surface area (Å²) in [5, 5.41) is 4.28. The summed E-state index contributed by atoms with van der Waals surface area (Å²) < 4.78 is 1.84. The Labute approximate surface area is 79.9 Å². The third-order valence-corrected chi connectivity index (χ3v) is 2.43. The highest BCUT2D eigenvalue weighted by Crippen LogP contribution is 2.10. The van der Waals surface area contributed by atoms with Gasteiger partial charge < -0.3 is 5.73 Å². The van der Waals surface area contributed by atoms with Crippen molar-refractivity contribution in [1.82, 2.24) is 9.78 Å². The van der Waals surface area contributed by atoms with Gasteiger partial charge in [0.2, 0.25) is 0 Å². The fourth-order valence-electron chi connectivity index (χ4n) is 1.34. The van der Waals surface area contributed by atoms with Crippen LogP contribution >= 0.6 is 0 Å². The van der Waals surface area contributed by atoms with Gasteiger partial charge in [-0.25, -0.2) is 0 Å². The van der Waals surface area contributed by atoms with Crippen LogP contribution in [-0.4, -0.2) is 15.8 Å². The first-order valence-electron chi connectivity index (χ1n) is 4.75. The molecule has 1 aromatic rings. The third kappa shape index (κ3) is 2.56. The lowest BCUT2D eigenvalue weighted by Crippen LogP contribution is -2.28. The molecule has 0 aliphatic carbocycles. The van der Waals surface area contributed by atoms with E-state index in [1.54, 1.807) is 0 Å². The number of hydrogen-bond acceptors (Lipinski definition) is 2. The molecule has 0 aliphatic heterocycles. The van der Waals surface area contributed by atoms with E-state index in [1.807, 2.05) is 18.7 Å². The van der Waals surface area contributed by atoms with Crippen LogP contribution in [0.4, 0.5) is 0 Å². The van der Waals surface area contributed by atoms with E-state index >= 15 is 0 Å². The molecule has 1 aromatic heterocycles. The van der Waals surface area contributed by atoms with Crippen molar-refractivity contribution >= 4 is 0 Å². The molecule has 0 spiro atoms. The third-order valence-electron chi connectivity index (χ3n) is 2.43. The van der Waals surface area contributed by atoms with E-state index in [9.17, 15) is 0 Å². The summed E-state index contributed by atoms with van der Waals surface area (Å²) in [7, 11) is 1.94. The standard InChI is InChI=1S/C10H19N3/c1-7(2)10(11)5-9-6-13(4)12-8(9)3/h6-7,10H,5,11H2,1-4H3. The molecule has 0 radical (unpaired) electrons. The van der Waals surface area contributed by atoms with Crippen molar-refractivity contribution in [3.05, 3.63) is 17.5 Å². The highest BCUT2D eigenvalue weighted by atomic mass is 15.2. The minimum atomic E-state index is 0.239. The molecule has 1 unspecified atom stereocenters. The number of aromatic nitrogens is 2. The van der Waals surface area contributed by atoms with Gasteiger partial charge in [-0.15, -0.1) is 0 Å². The summed E-state index contributed by atoms with van der Waals surface area (Å²) in [6.07, 6.45) is 2.98. The quantitative estimate of drug-likeness (QED) is 0.762. The molecule has 3 heteroatoms. The number of nitrogens with two attached hydrogens (primary N) is 1. The lowest BCUT2D eigenvalue weighted by atomic mass is 9.98. The molecule has 1 rings (SSSR count). The Morgan fingerprint density at radius 2 is 2.15 bits per heavy atom. The van der Waals surface area contributed by atoms with Gasteiger partial charge in [-0.05, 0) is 24.8 Å². The lowest BCUT2D eigenvalue weighted by Gasteiger charge is -2.14. The molecule has 74 valence electrons. The largest absolute Gasteiger partial charge is 0.327 e. The zero-order valence-electron chi connectivity index (χ0n) is 8.91. The van der Waals surface area contributed by atoms with Crippen molar-refractivity contribution in [2.24, 2.45) is 18.7 Å². The Morgan fingerprint density at radius 3 is 2.54 bits per heavy atom. The molecular formula is C10H19N3. The van der Waals surface area contributed by atoms with Crippen LogP contribution in [0.3, 0.4) is 0 Å². The molecule has 2 N–H and O–H groups in total. The first-order chi connectivity index (χ1) is 6.00. The van der Waals surface area contributed by atoms with E-state index in [4.69, 9.17) is 5.73 Å². The maximum Gasteiger partial charge on any atom is 0.0626 e. The molecule has 1 atom stereocenters. The predicted octanol–water partition coefficient (Wildman–Crippen LogP) is 1.25. The minimum absolute atomic E-state index is 0.239. The van der Waals surface area contributed by atoms with Gasteiger partial charge in [0.05, 0.1) is 5.69 Å². The summed E-state index contributed by atoms with van der Waals surface area (Å²) in [6.45, 7) is 6.33. The Morgan fingerprint density at radius 1 is 1.54 bits per heavy atom. The fourth-order valence-corrected chi connectivity index (χ4v) is 1.34. The van der Waals surface area contributed by atoms with Gasteiger partial charge in [0, 0.05) is 19.3 Å². The van der Waals surface area contributed by atoms with E-state index < -0.39 is 0 Å². The van der Waals surface area contributed by atoms with Crippen molar-refractivity contribution < 1.29 is 0 Å². The van der Waals surface area contributed by atoms with E-state index in [-0.39, 0.29) is 6.04 Å². The lowest BCUT2D eigenvalue weighted by molar-refractivity contribution is 0.490. The molecule has 0 aliphatic rings. The first-order valence-corrected chi connectivity index (χ1v) is 4.75. The van der Waals surface area contributed by atoms with Gasteiger partial charge in [0.1, 0.15) is 0 Å². The van der Waals surface area contributed by atoms with Crippen molar-refractivity contribution in [2.45, 2.75) is 33.2 Å². The maximum atomic E-state index is 5.99. The van der Waals surface area contributed by atoms with Crippen LogP contribution in [-0.2, 0) is 13.5 Å². The Bertz CT molecular complexity index is 276. The second-order valence-electron chi connectivity index (χ2n) is 4.03. The smallest absolute Gasteiger partial charge is 0.0626 e. The molecule has 1 heterocycles. The molecule has 0 saturated carbocycles. The van der Waals surface area contributed by atoms with Gasteiger partial charge in [-0.2, -0.15) is 5.10 Å². The second-order valence-corrected chi connectivity index (χ2v) is 4.03. The first kappa shape index (κ1) is 10.3. The zero-order chi connectivity index (χ0) is 10.0. The topological polar surface area (TPSA) is 43.8 Å². The number of nitrogens with zero attached hydrogens (tertiary/aromatic N) is 2. The van der Waals surface area contributed by atoms with Gasteiger partial charge in [-0.1, -0.05) is 13.8 Å². The molecule has 13 heavy (non-hydrogen) atoms. The summed E-state index contributed by atoms with van der Waals surface area (Å²) in [5.74, 6) is 0.527. The van der Waals surface area contributed by atoms with Gasteiger partial charge in [0.25, 0.3) is 0 Å². The summed E-state index contributed by atoms with van der Waals surface area (Å²) in [4.78, 5) is 0. The SMILES string of the molecule is Cc1nn(C)cc1CC(N)C(C)C. The number of aryl methyl sites for hydroxylation is 2. The zero-order valence-corrected chi connectivity index (χ0v) is 8.91. The maximum absolute atomic E-state index is 5.99. The molecule has 0 fully saturated rings. The molecule has 0 amide bonds. The van der Waals surface area contributed by atoms with Crippen LogP contribution < -0.4 is 5.73 Å². The van der Waals surface area contributed by atoms with Crippen molar-refractivity contribution in [1.29, 1.82) is 0 Å². The van der Waals surface area contributed by atoms with Crippen LogP contribution in [0.2, 0.25) is 0 Å². The minimum Gasteiger partial charge on any atom is -0.327 e. The number of hydrogen-bond donors (Lipinski definition) is 1. The average molecular weight is 181 g/mol. The highest BCUT2D eigenvalue weighted by Gasteiger charge is 2.11. The molecular weight excluding hydrogens is 162 g/mol. The Kier molecular flexibility index (Phi) is 3.09. The van der Waals surface area contributed by atoms with Gasteiger partial charge in [-0.3, -0.25) is 4.68 Å². The highest BCUT2D eigenvalue weighted by molar-refractivity contribution is 5.16. The van der Waals surface area contributed by atoms with Crippen LogP contribution in [0.25, 0.3) is 0 Å². The normalized spacial score (nSPS) is 13.7. The monoisotopic (exact) mass is 181 g/mol. The van der Waals surface area contributed by atoms with E-state index in [1.165, 1.54) is 5.56 Å². The van der Waals surface area contributed by atoms with Crippen molar-refractivity contribution in [3.8, 4) is 0 Å². The van der Waals surface area contributed by atoms with Gasteiger partial charge >= 0.3 is 0 Å². The molecule has 3 nitrogen and oxygen atoms in total. The Hall–Kier alpha value is -0.830. The van der Waals surface area contributed by atoms with E-state index in [0.717, 1.165) is 12.1 Å². The van der Waals surface area contributed by atoms with E-state index in [0.29, 0.717) is 5.92 Å². The molecule has 0 saturated heterocycles. The average Bonchev–Trinajstić information content (AvgIpc) is 2.30. The fraction of sp³-hybridized carbons (Fsp3) is 0.700. The van der Waals surface area contributed by atoms with Crippen LogP contribution in [0.15, 0.2) is 6.20 Å². The molecule has 0 bridgehead atoms. The molecule has 0 aromatic carbocycles. The van der Waals surface area contributed by atoms with Crippen molar-refractivity contribution in [2.75, 3.05) is 0 Å². The van der Waals surface area contributed by atoms with Crippen LogP contribution in [0, 0.1) is 12.8 Å². The van der Waals surface area contributed by atoms with Gasteiger partial charge in [0.15, 0.2) is 0 Å². The number of rotatable bonds is 3. The van der Waals surface area contributed by atoms with Crippen LogP contribution in [0.1, 0.15) is 25.1 Å². The second kappa shape index (κ2) is 3.92. The Balaban J connectivity index is 2.68. The van der Waals surface area contributed by atoms with E-state index in [2.05, 4.69) is 25.1 Å². The van der Waals surface area contributed by atoms with Crippen LogP contribution in [0.5, 0.6) is 0 Å². The summed E-state index contributed by atoms with van der Waals surface area (Å²) >= 11 is 0.